The Balaban J connectivity index is 1.40. The zero-order chi connectivity index (χ0) is 26.4. The molecule has 5 heteroatoms. The number of nitro benzene ring substituents is 1. The minimum Gasteiger partial charge on any atom is -0.379 e. The summed E-state index contributed by atoms with van der Waals surface area (Å²) in [6, 6.07) is 20.0. The van der Waals surface area contributed by atoms with Gasteiger partial charge in [0.15, 0.2) is 0 Å². The summed E-state index contributed by atoms with van der Waals surface area (Å²) >= 11 is 6.02. The summed E-state index contributed by atoms with van der Waals surface area (Å²) in [5.41, 5.74) is 7.11. The maximum atomic E-state index is 12.0. The minimum atomic E-state index is -0.280. The lowest BCUT2D eigenvalue weighted by Crippen LogP contribution is -2.51. The number of rotatable bonds is 6. The summed E-state index contributed by atoms with van der Waals surface area (Å²) in [6.45, 7) is 10.1. The first-order valence-corrected chi connectivity index (χ1v) is 13.9. The monoisotopic (exact) mass is 516 g/mol. The molecule has 0 spiro atoms. The summed E-state index contributed by atoms with van der Waals surface area (Å²) in [5.74, 6) is 1.07. The van der Waals surface area contributed by atoms with Gasteiger partial charge in [-0.2, -0.15) is 0 Å². The Labute approximate surface area is 225 Å². The molecule has 1 saturated carbocycles. The fourth-order valence-corrected chi connectivity index (χ4v) is 7.29. The number of anilines is 1. The van der Waals surface area contributed by atoms with Crippen LogP contribution < -0.4 is 5.32 Å². The van der Waals surface area contributed by atoms with Gasteiger partial charge in [-0.15, -0.1) is 0 Å². The van der Waals surface area contributed by atoms with Gasteiger partial charge in [0.1, 0.15) is 5.69 Å². The fraction of sp³-hybridized carbons (Fsp3) is 0.438. The van der Waals surface area contributed by atoms with Crippen LogP contribution in [0.1, 0.15) is 76.0 Å². The Morgan fingerprint density at radius 1 is 1.03 bits per heavy atom. The van der Waals surface area contributed by atoms with E-state index < -0.39 is 0 Å². The first-order valence-electron chi connectivity index (χ1n) is 13.5. The number of aryl methyl sites for hydroxylation is 1. The quantitative estimate of drug-likeness (QED) is 0.262. The van der Waals surface area contributed by atoms with Crippen molar-refractivity contribution in [2.45, 2.75) is 71.1 Å². The molecule has 3 aromatic carbocycles. The number of nitrogens with one attached hydrogen (secondary N) is 1. The summed E-state index contributed by atoms with van der Waals surface area (Å²) < 4.78 is 0. The van der Waals surface area contributed by atoms with Gasteiger partial charge in [0.25, 0.3) is 5.69 Å². The van der Waals surface area contributed by atoms with Crippen LogP contribution in [-0.2, 0) is 11.8 Å². The molecule has 5 rings (SSSR count). The second kappa shape index (κ2) is 9.79. The predicted molar refractivity (Wildman–Crippen MR) is 154 cm³/mol. The molecule has 1 fully saturated rings. The minimum absolute atomic E-state index is 0.0597. The molecule has 194 valence electrons. The standard InChI is InChI=1S/C32H37ClN2O2/c1-21(2)23-8-13-27-25(18-23)10-15-30-31(3,16-5-17-32(27,30)4)20-34-28-14-9-24(19-29(28)35(36)37)22-6-11-26(33)12-7-22/h6-9,11-14,18-19,21,30,34H,5,10,15-17,20H2,1-4H3/t30-,31+,32+/m0/s1. The molecule has 3 atom stereocenters. The fourth-order valence-electron chi connectivity index (χ4n) is 7.17. The molecule has 0 aliphatic heterocycles. The van der Waals surface area contributed by atoms with Crippen molar-refractivity contribution >= 4 is 23.0 Å². The Morgan fingerprint density at radius 2 is 1.76 bits per heavy atom. The largest absolute Gasteiger partial charge is 0.379 e. The predicted octanol–water partition coefficient (Wildman–Crippen LogP) is 9.16. The topological polar surface area (TPSA) is 55.2 Å². The molecule has 4 nitrogen and oxygen atoms in total. The van der Waals surface area contributed by atoms with E-state index in [9.17, 15) is 10.1 Å². The van der Waals surface area contributed by atoms with Gasteiger partial charge < -0.3 is 5.32 Å². The molecule has 0 aromatic heterocycles. The van der Waals surface area contributed by atoms with Crippen molar-refractivity contribution in [1.29, 1.82) is 0 Å². The van der Waals surface area contributed by atoms with Crippen molar-refractivity contribution in [3.05, 3.63) is 92.5 Å². The third-order valence-corrected chi connectivity index (χ3v) is 9.47. The summed E-state index contributed by atoms with van der Waals surface area (Å²) in [5, 5.41) is 16.2. The van der Waals surface area contributed by atoms with Crippen LogP contribution >= 0.6 is 11.6 Å². The first kappa shape index (κ1) is 25.8. The number of hydrogen-bond acceptors (Lipinski definition) is 3. The lowest BCUT2D eigenvalue weighted by Gasteiger charge is -2.55. The smallest absolute Gasteiger partial charge is 0.292 e. The average Bonchev–Trinajstić information content (AvgIpc) is 2.87. The van der Waals surface area contributed by atoms with Crippen LogP contribution in [-0.4, -0.2) is 11.5 Å². The van der Waals surface area contributed by atoms with Crippen molar-refractivity contribution in [1.82, 2.24) is 0 Å². The molecule has 2 aliphatic carbocycles. The number of hydrogen-bond donors (Lipinski definition) is 1. The van der Waals surface area contributed by atoms with Crippen molar-refractivity contribution in [2.75, 3.05) is 11.9 Å². The molecule has 37 heavy (non-hydrogen) atoms. The van der Waals surface area contributed by atoms with E-state index in [-0.39, 0.29) is 21.4 Å². The highest BCUT2D eigenvalue weighted by molar-refractivity contribution is 6.30. The van der Waals surface area contributed by atoms with E-state index in [0.717, 1.165) is 30.5 Å². The summed E-state index contributed by atoms with van der Waals surface area (Å²) in [4.78, 5) is 11.7. The van der Waals surface area contributed by atoms with Gasteiger partial charge in [-0.3, -0.25) is 10.1 Å². The van der Waals surface area contributed by atoms with Gasteiger partial charge in [0.05, 0.1) is 4.92 Å². The van der Waals surface area contributed by atoms with Crippen LogP contribution in [0.15, 0.2) is 60.7 Å². The van der Waals surface area contributed by atoms with Crippen LogP contribution in [0.25, 0.3) is 11.1 Å². The van der Waals surface area contributed by atoms with E-state index in [1.54, 1.807) is 6.07 Å². The van der Waals surface area contributed by atoms with Crippen LogP contribution in [0, 0.1) is 21.4 Å². The van der Waals surface area contributed by atoms with Crippen molar-refractivity contribution < 1.29 is 4.92 Å². The highest BCUT2D eigenvalue weighted by Crippen LogP contribution is 2.57. The number of halogens is 1. The molecule has 0 unspecified atom stereocenters. The Hall–Kier alpha value is -2.85. The highest BCUT2D eigenvalue weighted by atomic mass is 35.5. The molecule has 2 aliphatic rings. The third kappa shape index (κ3) is 4.77. The van der Waals surface area contributed by atoms with E-state index in [2.05, 4.69) is 51.2 Å². The molecule has 0 amide bonds. The van der Waals surface area contributed by atoms with E-state index in [0.29, 0.717) is 22.5 Å². The van der Waals surface area contributed by atoms with Gasteiger partial charge in [0.2, 0.25) is 0 Å². The van der Waals surface area contributed by atoms with E-state index in [1.165, 1.54) is 36.0 Å². The number of nitrogens with zero attached hydrogens (tertiary/aromatic N) is 1. The van der Waals surface area contributed by atoms with E-state index in [1.807, 2.05) is 36.4 Å². The van der Waals surface area contributed by atoms with Crippen molar-refractivity contribution in [3.63, 3.8) is 0 Å². The van der Waals surface area contributed by atoms with Gasteiger partial charge in [-0.1, -0.05) is 82.1 Å². The first-order chi connectivity index (χ1) is 17.6. The van der Waals surface area contributed by atoms with Crippen molar-refractivity contribution in [2.24, 2.45) is 11.3 Å². The molecular formula is C32H37ClN2O2. The zero-order valence-corrected chi connectivity index (χ0v) is 23.1. The molecule has 3 aromatic rings. The summed E-state index contributed by atoms with van der Waals surface area (Å²) in [6.07, 6.45) is 5.80. The van der Waals surface area contributed by atoms with E-state index in [4.69, 9.17) is 11.6 Å². The average molecular weight is 517 g/mol. The second-order valence-electron chi connectivity index (χ2n) is 11.9. The van der Waals surface area contributed by atoms with Crippen LogP contribution in [0.2, 0.25) is 5.02 Å². The molecule has 0 radical (unpaired) electrons. The van der Waals surface area contributed by atoms with Crippen molar-refractivity contribution in [3.8, 4) is 11.1 Å². The molecule has 0 saturated heterocycles. The Bertz CT molecular complexity index is 1320. The van der Waals surface area contributed by atoms with Crippen LogP contribution in [0.5, 0.6) is 0 Å². The van der Waals surface area contributed by atoms with Crippen LogP contribution in [0.3, 0.4) is 0 Å². The summed E-state index contributed by atoms with van der Waals surface area (Å²) in [7, 11) is 0. The van der Waals surface area contributed by atoms with Gasteiger partial charge in [0, 0.05) is 17.6 Å². The molecular weight excluding hydrogens is 480 g/mol. The van der Waals surface area contributed by atoms with Gasteiger partial charge >= 0.3 is 0 Å². The third-order valence-electron chi connectivity index (χ3n) is 9.22. The Morgan fingerprint density at radius 3 is 2.46 bits per heavy atom. The van der Waals surface area contributed by atoms with Gasteiger partial charge in [-0.05, 0) is 94.4 Å². The number of nitro groups is 1. The lowest BCUT2D eigenvalue weighted by atomic mass is 9.49. The lowest BCUT2D eigenvalue weighted by molar-refractivity contribution is -0.383. The normalized spacial score (nSPS) is 24.9. The molecule has 0 bridgehead atoms. The SMILES string of the molecule is CC(C)c1ccc2c(c1)CC[C@H]1[C@@](C)(CNc3ccc(-c4ccc(Cl)cc4)cc3[N+](=O)[O-])CCC[C@]21C. The Kier molecular flexibility index (Phi) is 6.83. The van der Waals surface area contributed by atoms with E-state index >= 15 is 0 Å². The maximum absolute atomic E-state index is 12.0. The number of fused-ring (bicyclic) bond motifs is 3. The highest BCUT2D eigenvalue weighted by Gasteiger charge is 2.51. The maximum Gasteiger partial charge on any atom is 0.292 e. The molecule has 0 heterocycles. The second-order valence-corrected chi connectivity index (χ2v) is 12.4. The molecule has 1 N–H and O–H groups in total. The zero-order valence-electron chi connectivity index (χ0n) is 22.3. The van der Waals surface area contributed by atoms with Gasteiger partial charge in [-0.25, -0.2) is 0 Å². The van der Waals surface area contributed by atoms with Crippen LogP contribution in [0.4, 0.5) is 11.4 Å². The number of benzene rings is 3.